The number of nitrogens with one attached hydrogen (secondary N) is 6. The van der Waals surface area contributed by atoms with Gasteiger partial charge in [0, 0.05) is 184 Å². The lowest BCUT2D eigenvalue weighted by Crippen LogP contribution is -2.62. The minimum absolute atomic E-state index is 0.0448. The molecule has 6 fully saturated rings. The van der Waals surface area contributed by atoms with Gasteiger partial charge in [0.1, 0.15) is 6.07 Å². The molecule has 1 aliphatic carbocycles. The molecule has 0 spiro atoms. The molecular weight excluding hydrogens is 1610 g/mol. The van der Waals surface area contributed by atoms with Crippen molar-refractivity contribution in [3.63, 3.8) is 0 Å². The minimum atomic E-state index is -3.29. The van der Waals surface area contributed by atoms with E-state index in [2.05, 4.69) is 94.1 Å². The van der Waals surface area contributed by atoms with Gasteiger partial charge in [0.05, 0.1) is 87.8 Å². The van der Waals surface area contributed by atoms with E-state index < -0.39 is 45.4 Å². The summed E-state index contributed by atoms with van der Waals surface area (Å²) in [5.74, 6) is 0.521. The van der Waals surface area contributed by atoms with E-state index in [0.29, 0.717) is 88.5 Å². The molecule has 10 heterocycles. The van der Waals surface area contributed by atoms with Gasteiger partial charge < -0.3 is 24.9 Å². The number of amides is 1. The van der Waals surface area contributed by atoms with Crippen LogP contribution in [-0.2, 0) is 44.7 Å². The van der Waals surface area contributed by atoms with Crippen molar-refractivity contribution < 1.29 is 38.5 Å². The topological polar surface area (TPSA) is 356 Å². The third-order valence-corrected chi connectivity index (χ3v) is 28.8. The maximum Gasteiger partial charge on any atom is 0.225 e. The lowest BCUT2D eigenvalue weighted by atomic mass is 9.79. The average Bonchev–Trinajstić information content (AvgIpc) is 1.48. The number of carbonyl (C=O) groups is 1. The quantitative estimate of drug-likeness (QED) is 0.0700. The maximum absolute atomic E-state index is 12.2. The maximum atomic E-state index is 12.2. The number of benzene rings is 6. The molecule has 0 radical (unpaired) electrons. The summed E-state index contributed by atoms with van der Waals surface area (Å²) in [6.45, 7) is 13.8. The second-order valence-electron chi connectivity index (χ2n) is 30.8. The Balaban J connectivity index is 0.000000124. The fourth-order valence-corrected chi connectivity index (χ4v) is 21.9. The standard InChI is InChI=1S/C17H24N4O2S.C16H21ClN4O2S.C15H19ClN4O.C15H19N5O2S.C14H10Cl2N2O2S/c1-24(22,23)21-8-4-13(5-9-21)15-10-14(20-6-2-3-7-20)11-17-16(15)12-18-19-17;1-24(22,23)21-7-6-20(14-4-2-3-5-15(14)21)16-9-11(17)8-13-12(16)10-18-19-13;1-15(14(21)17-2)3-5-20(6-4-15)13-8-10(16)7-12-11(13)9-18-19-12;1-15(2)10-19(6-7-20(15)23(3,21)22)13-5-4-11(8-16)14-12(13)9-17-18-14;1-21(19,20)9-2-3-10(13(16)6-9)11-4-8(15)5-14-12(11)7-17-18-14/h10-13H,2-9H2,1H3,(H,18,19);8-10,14-15H,2-7H2,1H3,(H,18,19);7-9H,3-6H2,1-2H3,(H,17,21)(H,18,19);4-5,9H,6-7,10H2,1-3H3,(H,17,18);2-7H,1H3,(H,17,18). The van der Waals surface area contributed by atoms with Gasteiger partial charge in [-0.25, -0.2) is 38.0 Å². The van der Waals surface area contributed by atoms with Crippen molar-refractivity contribution in [2.45, 2.75) is 113 Å². The molecule has 36 heteroatoms. The van der Waals surface area contributed by atoms with Crippen molar-refractivity contribution in [2.75, 3.05) is 124 Å². The number of carbonyl (C=O) groups excluding carboxylic acids is 1. The molecule has 602 valence electrons. The van der Waals surface area contributed by atoms with E-state index in [-0.39, 0.29) is 28.3 Å². The number of nitrogens with zero attached hydrogens (tertiary/aromatic N) is 13. The number of rotatable bonds is 11. The normalized spacial score (nSPS) is 19.4. The van der Waals surface area contributed by atoms with E-state index in [1.54, 1.807) is 56.6 Å². The van der Waals surface area contributed by atoms with Gasteiger partial charge in [0.2, 0.25) is 36.0 Å². The Kier molecular flexibility index (Phi) is 24.5. The van der Waals surface area contributed by atoms with E-state index in [9.17, 15) is 43.7 Å². The van der Waals surface area contributed by atoms with E-state index in [0.717, 1.165) is 150 Å². The first kappa shape index (κ1) is 82.6. The van der Waals surface area contributed by atoms with Crippen molar-refractivity contribution in [3.8, 4) is 17.2 Å². The van der Waals surface area contributed by atoms with Gasteiger partial charge in [0.25, 0.3) is 0 Å². The summed E-state index contributed by atoms with van der Waals surface area (Å²) in [6.07, 6.45) is 24.0. The fourth-order valence-electron chi connectivity index (χ4n) is 16.9. The van der Waals surface area contributed by atoms with Gasteiger partial charge in [-0.3, -0.25) is 30.3 Å². The molecule has 6 aliphatic rings. The number of anilines is 4. The van der Waals surface area contributed by atoms with E-state index in [4.69, 9.17) is 46.4 Å². The van der Waals surface area contributed by atoms with Crippen LogP contribution < -0.4 is 24.9 Å². The molecule has 17 rings (SSSR count). The van der Waals surface area contributed by atoms with Crippen LogP contribution in [0.1, 0.15) is 102 Å². The summed E-state index contributed by atoms with van der Waals surface area (Å²) in [7, 11) is -11.1. The van der Waals surface area contributed by atoms with Crippen molar-refractivity contribution >= 4 is 169 Å². The predicted octanol–water partition coefficient (Wildman–Crippen LogP) is 12.7. The molecule has 5 aromatic heterocycles. The molecule has 5 saturated heterocycles. The molecule has 0 bridgehead atoms. The highest BCUT2D eigenvalue weighted by atomic mass is 35.5. The number of fused-ring (bicyclic) bond motifs is 6. The largest absolute Gasteiger partial charge is 0.371 e. The van der Waals surface area contributed by atoms with Crippen molar-refractivity contribution in [2.24, 2.45) is 5.41 Å². The lowest BCUT2D eigenvalue weighted by Gasteiger charge is -2.50. The highest BCUT2D eigenvalue weighted by molar-refractivity contribution is 7.90. The van der Waals surface area contributed by atoms with Crippen molar-refractivity contribution in [1.29, 1.82) is 5.26 Å². The second-order valence-corrected chi connectivity index (χ2v) is 40.3. The third-order valence-electron chi connectivity index (χ3n) is 22.6. The van der Waals surface area contributed by atoms with Crippen LogP contribution in [0.25, 0.3) is 65.6 Å². The van der Waals surface area contributed by atoms with E-state index >= 15 is 0 Å². The minimum Gasteiger partial charge on any atom is -0.371 e. The Labute approximate surface area is 678 Å². The van der Waals surface area contributed by atoms with Gasteiger partial charge in [0.15, 0.2) is 9.84 Å². The molecule has 2 unspecified atom stereocenters. The SMILES string of the molecule is CC1(C)CN(c2ccc(C#N)c3[nH]ncc23)CCN1S(C)(=O)=O.CNC(=O)C1(C)CCN(c2cc(Cl)cc3[nH]ncc23)CC1.CS(=O)(=O)N1CCC(c2cc(N3CCCC3)cc3[nH]ncc23)CC1.CS(=O)(=O)N1CCN(c2cc(Cl)cc3[nH]ncc23)C2CCCCC21.CS(=O)(=O)c1ccc(-c2cc(Cl)cc3[nH]ncc23)c(Cl)c1. The number of aromatic nitrogens is 10. The summed E-state index contributed by atoms with van der Waals surface area (Å²) < 4.78 is 99.7. The van der Waals surface area contributed by atoms with Crippen LogP contribution in [0.2, 0.25) is 20.1 Å². The molecule has 1 saturated carbocycles. The number of sulfone groups is 1. The number of sulfonamides is 3. The summed E-state index contributed by atoms with van der Waals surface area (Å²) >= 11 is 24.8. The zero-order valence-electron chi connectivity index (χ0n) is 64.1. The number of H-pyrrole nitrogens is 5. The van der Waals surface area contributed by atoms with E-state index in [1.807, 2.05) is 69.7 Å². The Morgan fingerprint density at radius 2 is 1.07 bits per heavy atom. The van der Waals surface area contributed by atoms with Gasteiger partial charge in [-0.2, -0.15) is 39.4 Å². The highest BCUT2D eigenvalue weighted by Crippen LogP contribution is 2.43. The first-order valence-corrected chi connectivity index (χ1v) is 46.4. The number of hydrogen-bond donors (Lipinski definition) is 6. The number of piperazine rings is 2. The van der Waals surface area contributed by atoms with Gasteiger partial charge in [-0.1, -0.05) is 72.2 Å². The number of halogens is 4. The van der Waals surface area contributed by atoms with E-state index in [1.165, 1.54) is 60.4 Å². The Morgan fingerprint density at radius 3 is 1.65 bits per heavy atom. The molecule has 28 nitrogen and oxygen atoms in total. The van der Waals surface area contributed by atoms with Crippen molar-refractivity contribution in [3.05, 3.63) is 141 Å². The smallest absolute Gasteiger partial charge is 0.225 e. The predicted molar refractivity (Wildman–Crippen MR) is 450 cm³/mol. The van der Waals surface area contributed by atoms with Crippen LogP contribution in [0.3, 0.4) is 0 Å². The molecule has 113 heavy (non-hydrogen) atoms. The fraction of sp³-hybridized carbons (Fsp3) is 0.442. The molecule has 6 N–H and O–H groups in total. The zero-order chi connectivity index (χ0) is 80.7. The highest BCUT2D eigenvalue weighted by Gasteiger charge is 2.44. The molecular formula is C77H93Cl4N19O9S4. The summed E-state index contributed by atoms with van der Waals surface area (Å²) in [4.78, 5) is 21.4. The van der Waals surface area contributed by atoms with Gasteiger partial charge in [-0.15, -0.1) is 0 Å². The number of hydrogen-bond acceptors (Lipinski definition) is 19. The van der Waals surface area contributed by atoms with Crippen molar-refractivity contribution in [1.82, 2.24) is 69.2 Å². The lowest BCUT2D eigenvalue weighted by molar-refractivity contribution is -0.130. The zero-order valence-corrected chi connectivity index (χ0v) is 70.4. The monoisotopic (exact) mass is 1700 g/mol. The summed E-state index contributed by atoms with van der Waals surface area (Å²) in [6, 6.07) is 26.5. The Bertz CT molecular complexity index is 5870. The summed E-state index contributed by atoms with van der Waals surface area (Å²) in [5.41, 5.74) is 11.4. The van der Waals surface area contributed by atoms with Crippen LogP contribution in [0, 0.1) is 16.7 Å². The Morgan fingerprint density at radius 1 is 0.513 bits per heavy atom. The second kappa shape index (κ2) is 33.5. The van der Waals surface area contributed by atoms with Crippen LogP contribution >= 0.6 is 46.4 Å². The average molecular weight is 1700 g/mol. The van der Waals surface area contributed by atoms with Crippen LogP contribution in [0.5, 0.6) is 0 Å². The molecule has 5 aliphatic heterocycles. The molecule has 11 aromatic rings. The molecule has 2 atom stereocenters. The van der Waals surface area contributed by atoms with Crippen LogP contribution in [0.4, 0.5) is 22.7 Å². The number of piperidine rings is 2. The van der Waals surface area contributed by atoms with Crippen LogP contribution in [0.15, 0.2) is 115 Å². The number of aromatic amines is 5. The van der Waals surface area contributed by atoms with Crippen LogP contribution in [-0.4, -0.2) is 225 Å². The summed E-state index contributed by atoms with van der Waals surface area (Å²) in [5, 5.41) is 54.5. The molecule has 6 aromatic carbocycles. The Hall–Kier alpha value is -8.33. The van der Waals surface area contributed by atoms with Gasteiger partial charge in [-0.05, 0) is 155 Å². The third kappa shape index (κ3) is 18.2. The first-order valence-electron chi connectivity index (χ1n) is 37.5. The first-order chi connectivity index (χ1) is 53.6. The number of nitriles is 1. The van der Waals surface area contributed by atoms with Gasteiger partial charge >= 0.3 is 0 Å². The molecule has 1 amide bonds.